The topological polar surface area (TPSA) is 79.0 Å². The summed E-state index contributed by atoms with van der Waals surface area (Å²) in [5.74, 6) is -0.278. The van der Waals surface area contributed by atoms with Gasteiger partial charge in [0.2, 0.25) is 0 Å². The van der Waals surface area contributed by atoms with E-state index in [-0.39, 0.29) is 11.7 Å². The number of hydrogen-bond acceptors (Lipinski definition) is 4. The monoisotopic (exact) mass is 290 g/mol. The lowest BCUT2D eigenvalue weighted by Gasteiger charge is -2.22. The van der Waals surface area contributed by atoms with Gasteiger partial charge < -0.3 is 15.4 Å². The third kappa shape index (κ3) is 3.09. The highest BCUT2D eigenvalue weighted by Gasteiger charge is 2.22. The Kier molecular flexibility index (Phi) is 3.94. The molecule has 0 bridgehead atoms. The highest BCUT2D eigenvalue weighted by Crippen LogP contribution is 2.22. The van der Waals surface area contributed by atoms with Crippen molar-refractivity contribution in [2.45, 2.75) is 6.10 Å². The fraction of sp³-hybridized carbons (Fsp3) is 0.286. The first-order valence-corrected chi connectivity index (χ1v) is 6.67. The number of amides is 1. The number of morpholine rings is 1. The van der Waals surface area contributed by atoms with E-state index in [1.807, 2.05) is 0 Å². The van der Waals surface area contributed by atoms with Gasteiger partial charge in [-0.1, -0.05) is 12.1 Å². The van der Waals surface area contributed by atoms with Crippen molar-refractivity contribution < 1.29 is 13.9 Å². The number of hydrogen-bond donors (Lipinski definition) is 3. The van der Waals surface area contributed by atoms with E-state index >= 15 is 0 Å². The number of anilines is 1. The molecule has 1 aliphatic heterocycles. The predicted molar refractivity (Wildman–Crippen MR) is 75.2 cm³/mol. The van der Waals surface area contributed by atoms with Crippen LogP contribution in [0.1, 0.15) is 0 Å². The largest absolute Gasteiger partial charge is 0.366 e. The molecule has 1 aromatic carbocycles. The zero-order valence-corrected chi connectivity index (χ0v) is 11.2. The summed E-state index contributed by atoms with van der Waals surface area (Å²) in [6.45, 7) is 1.71. The molecule has 1 saturated heterocycles. The maximum atomic E-state index is 13.7. The molecule has 2 aromatic rings. The van der Waals surface area contributed by atoms with E-state index in [9.17, 15) is 9.18 Å². The van der Waals surface area contributed by atoms with Gasteiger partial charge in [0.25, 0.3) is 5.91 Å². The highest BCUT2D eigenvalue weighted by molar-refractivity contribution is 5.94. The average Bonchev–Trinajstić information content (AvgIpc) is 2.97. The fourth-order valence-electron chi connectivity index (χ4n) is 2.14. The Labute approximate surface area is 120 Å². The van der Waals surface area contributed by atoms with Gasteiger partial charge in [0.15, 0.2) is 5.82 Å². The number of nitrogens with zero attached hydrogens (tertiary/aromatic N) is 1. The zero-order chi connectivity index (χ0) is 14.7. The van der Waals surface area contributed by atoms with Crippen LogP contribution in [0.15, 0.2) is 30.3 Å². The molecule has 1 amide bonds. The normalized spacial score (nSPS) is 18.4. The fourth-order valence-corrected chi connectivity index (χ4v) is 2.14. The van der Waals surface area contributed by atoms with Gasteiger partial charge in [0.1, 0.15) is 11.9 Å². The molecule has 6 nitrogen and oxygen atoms in total. The molecule has 2 heterocycles. The maximum absolute atomic E-state index is 13.7. The second kappa shape index (κ2) is 6.02. The number of nitrogens with one attached hydrogen (secondary N) is 3. The van der Waals surface area contributed by atoms with Gasteiger partial charge in [-0.2, -0.15) is 5.10 Å². The number of carbonyl (C=O) groups excluding carboxylic acids is 1. The van der Waals surface area contributed by atoms with Crippen molar-refractivity contribution in [2.24, 2.45) is 0 Å². The molecular weight excluding hydrogens is 275 g/mol. The predicted octanol–water partition coefficient (Wildman–Crippen LogP) is 1.14. The van der Waals surface area contributed by atoms with Gasteiger partial charge in [0, 0.05) is 24.7 Å². The minimum atomic E-state index is -0.535. The summed E-state index contributed by atoms with van der Waals surface area (Å²) in [5, 5.41) is 12.4. The summed E-state index contributed by atoms with van der Waals surface area (Å²) in [7, 11) is 0. The van der Waals surface area contributed by atoms with Gasteiger partial charge in [-0.3, -0.25) is 9.89 Å². The van der Waals surface area contributed by atoms with Crippen molar-refractivity contribution in [2.75, 3.05) is 25.0 Å². The number of carbonyl (C=O) groups is 1. The molecule has 21 heavy (non-hydrogen) atoms. The number of benzene rings is 1. The quantitative estimate of drug-likeness (QED) is 0.792. The van der Waals surface area contributed by atoms with Crippen molar-refractivity contribution in [3.05, 3.63) is 36.1 Å². The number of rotatable bonds is 3. The minimum absolute atomic E-state index is 0.270. The van der Waals surface area contributed by atoms with Gasteiger partial charge in [-0.05, 0) is 12.1 Å². The number of aromatic nitrogens is 2. The first-order valence-electron chi connectivity index (χ1n) is 6.67. The van der Waals surface area contributed by atoms with Crippen LogP contribution in [0.25, 0.3) is 11.3 Å². The van der Waals surface area contributed by atoms with Crippen LogP contribution in [0, 0.1) is 5.82 Å². The number of halogens is 1. The summed E-state index contributed by atoms with van der Waals surface area (Å²) < 4.78 is 19.0. The molecular formula is C14H15FN4O2. The summed E-state index contributed by atoms with van der Waals surface area (Å²) >= 11 is 0. The van der Waals surface area contributed by atoms with Gasteiger partial charge in [0.05, 0.1) is 12.3 Å². The van der Waals surface area contributed by atoms with Crippen molar-refractivity contribution in [3.8, 4) is 11.3 Å². The number of ether oxygens (including phenoxy) is 1. The lowest BCUT2D eigenvalue weighted by Crippen LogP contribution is -2.45. The summed E-state index contributed by atoms with van der Waals surface area (Å²) in [6, 6.07) is 7.95. The maximum Gasteiger partial charge on any atom is 0.256 e. The molecule has 0 aliphatic carbocycles. The van der Waals surface area contributed by atoms with Crippen LogP contribution >= 0.6 is 0 Å². The Balaban J connectivity index is 1.70. The van der Waals surface area contributed by atoms with E-state index in [0.717, 1.165) is 6.54 Å². The first-order chi connectivity index (χ1) is 10.2. The highest BCUT2D eigenvalue weighted by atomic mass is 19.1. The Hall–Kier alpha value is -2.25. The molecule has 7 heteroatoms. The molecule has 1 atom stereocenters. The molecule has 1 fully saturated rings. The van der Waals surface area contributed by atoms with Crippen molar-refractivity contribution in [1.82, 2.24) is 15.5 Å². The van der Waals surface area contributed by atoms with E-state index in [4.69, 9.17) is 4.74 Å². The molecule has 3 N–H and O–H groups in total. The molecule has 110 valence electrons. The second-order valence-corrected chi connectivity index (χ2v) is 4.70. The number of H-pyrrole nitrogens is 1. The van der Waals surface area contributed by atoms with Crippen LogP contribution in [0.2, 0.25) is 0 Å². The van der Waals surface area contributed by atoms with E-state index in [1.54, 1.807) is 24.3 Å². The third-order valence-corrected chi connectivity index (χ3v) is 3.21. The molecule has 0 saturated carbocycles. The standard InChI is InChI=1S/C14H15FN4O2/c15-10-4-2-1-3-9(10)11-7-13(19-18-11)17-14(20)12-8-16-5-6-21-12/h1-4,7,12,16H,5-6,8H2,(H2,17,18,19,20). The number of aromatic amines is 1. The van der Waals surface area contributed by atoms with Crippen LogP contribution in [-0.4, -0.2) is 41.9 Å². The lowest BCUT2D eigenvalue weighted by molar-refractivity contribution is -0.128. The Morgan fingerprint density at radius 1 is 1.43 bits per heavy atom. The van der Waals surface area contributed by atoms with Crippen molar-refractivity contribution >= 4 is 11.7 Å². The SMILES string of the molecule is O=C(Nc1cc(-c2ccccc2F)[nH]n1)C1CNCCO1. The molecule has 1 unspecified atom stereocenters. The second-order valence-electron chi connectivity index (χ2n) is 4.70. The van der Waals surface area contributed by atoms with Crippen LogP contribution < -0.4 is 10.6 Å². The van der Waals surface area contributed by atoms with E-state index in [2.05, 4.69) is 20.8 Å². The van der Waals surface area contributed by atoms with Crippen LogP contribution in [0.3, 0.4) is 0 Å². The molecule has 0 spiro atoms. The Bertz CT molecular complexity index is 637. The molecule has 1 aromatic heterocycles. The molecule has 1 aliphatic rings. The smallest absolute Gasteiger partial charge is 0.256 e. The van der Waals surface area contributed by atoms with Gasteiger partial charge >= 0.3 is 0 Å². The summed E-state index contributed by atoms with van der Waals surface area (Å²) in [6.07, 6.45) is -0.535. The van der Waals surface area contributed by atoms with Crippen LogP contribution in [-0.2, 0) is 9.53 Å². The third-order valence-electron chi connectivity index (χ3n) is 3.21. The van der Waals surface area contributed by atoms with Crippen LogP contribution in [0.5, 0.6) is 0 Å². The van der Waals surface area contributed by atoms with E-state index < -0.39 is 6.10 Å². The summed E-state index contributed by atoms with van der Waals surface area (Å²) in [4.78, 5) is 12.0. The molecule has 0 radical (unpaired) electrons. The summed E-state index contributed by atoms with van der Waals surface area (Å²) in [5.41, 5.74) is 0.909. The van der Waals surface area contributed by atoms with Crippen LogP contribution in [0.4, 0.5) is 10.2 Å². The van der Waals surface area contributed by atoms with Gasteiger partial charge in [-0.15, -0.1) is 0 Å². The Morgan fingerprint density at radius 2 is 2.29 bits per heavy atom. The first kappa shape index (κ1) is 13.7. The van der Waals surface area contributed by atoms with Gasteiger partial charge in [-0.25, -0.2) is 4.39 Å². The zero-order valence-electron chi connectivity index (χ0n) is 11.2. The molecule has 3 rings (SSSR count). The minimum Gasteiger partial charge on any atom is -0.366 e. The lowest BCUT2D eigenvalue weighted by atomic mass is 10.1. The van der Waals surface area contributed by atoms with Crippen molar-refractivity contribution in [3.63, 3.8) is 0 Å². The Morgan fingerprint density at radius 3 is 3.05 bits per heavy atom. The van der Waals surface area contributed by atoms with Crippen molar-refractivity contribution in [1.29, 1.82) is 0 Å². The average molecular weight is 290 g/mol. The van der Waals surface area contributed by atoms with E-state index in [1.165, 1.54) is 6.07 Å². The van der Waals surface area contributed by atoms with E-state index in [0.29, 0.717) is 30.2 Å².